The molecule has 13 heavy (non-hydrogen) atoms. The maximum Gasteiger partial charge on any atom is 0.328 e. The van der Waals surface area contributed by atoms with E-state index in [1.54, 1.807) is 0 Å². The first-order chi connectivity index (χ1) is 6.09. The van der Waals surface area contributed by atoms with E-state index in [0.717, 1.165) is 6.08 Å². The maximum atomic E-state index is 10.2. The van der Waals surface area contributed by atoms with Crippen molar-refractivity contribution < 1.29 is 15.0 Å². The molecule has 0 aromatic heterocycles. The van der Waals surface area contributed by atoms with Crippen LogP contribution in [0.5, 0.6) is 5.75 Å². The Hall–Kier alpha value is -1.48. The van der Waals surface area contributed by atoms with Gasteiger partial charge in [0, 0.05) is 6.08 Å². The van der Waals surface area contributed by atoms with Crippen molar-refractivity contribution in [2.24, 2.45) is 0 Å². The quantitative estimate of drug-likeness (QED) is 0.716. The third kappa shape index (κ3) is 2.80. The Balaban J connectivity index is 2.96. The lowest BCUT2D eigenvalue weighted by atomic mass is 10.2. The minimum absolute atomic E-state index is 0.0532. The molecule has 68 valence electrons. The van der Waals surface area contributed by atoms with Crippen LogP contribution in [0.2, 0.25) is 5.02 Å². The average molecular weight is 199 g/mol. The zero-order valence-electron chi connectivity index (χ0n) is 6.57. The van der Waals surface area contributed by atoms with Crippen molar-refractivity contribution in [2.45, 2.75) is 0 Å². The summed E-state index contributed by atoms with van der Waals surface area (Å²) in [6.45, 7) is 0. The molecule has 0 unspecified atom stereocenters. The smallest absolute Gasteiger partial charge is 0.328 e. The van der Waals surface area contributed by atoms with Crippen LogP contribution in [-0.2, 0) is 4.79 Å². The zero-order chi connectivity index (χ0) is 9.84. The first-order valence-corrected chi connectivity index (χ1v) is 3.87. The van der Waals surface area contributed by atoms with Crippen LogP contribution in [0.3, 0.4) is 0 Å². The number of carboxylic acids is 1. The fourth-order valence-corrected chi connectivity index (χ4v) is 1.05. The van der Waals surface area contributed by atoms with Gasteiger partial charge in [0.05, 0.1) is 5.02 Å². The van der Waals surface area contributed by atoms with Gasteiger partial charge in [0.1, 0.15) is 5.75 Å². The summed E-state index contributed by atoms with van der Waals surface area (Å²) in [5.41, 5.74) is 0.557. The van der Waals surface area contributed by atoms with Crippen molar-refractivity contribution in [3.8, 4) is 5.75 Å². The Kier molecular flexibility index (Phi) is 2.93. The highest BCUT2D eigenvalue weighted by Crippen LogP contribution is 2.22. The van der Waals surface area contributed by atoms with Gasteiger partial charge in [-0.15, -0.1) is 0 Å². The number of rotatable bonds is 2. The molecule has 0 radical (unpaired) electrons. The number of carboxylic acid groups (broad SMARTS) is 1. The normalized spacial score (nSPS) is 10.5. The SMILES string of the molecule is O=C(O)/C=C/c1ccc(O)cc1Cl. The predicted octanol–water partition coefficient (Wildman–Crippen LogP) is 2.14. The van der Waals surface area contributed by atoms with Crippen LogP contribution >= 0.6 is 11.6 Å². The second kappa shape index (κ2) is 3.96. The molecule has 1 rings (SSSR count). The highest BCUT2D eigenvalue weighted by molar-refractivity contribution is 6.32. The molecule has 0 aliphatic carbocycles. The minimum atomic E-state index is -1.04. The van der Waals surface area contributed by atoms with Gasteiger partial charge in [-0.2, -0.15) is 0 Å². The first-order valence-electron chi connectivity index (χ1n) is 3.49. The third-order valence-corrected chi connectivity index (χ3v) is 1.72. The van der Waals surface area contributed by atoms with Crippen LogP contribution in [0, 0.1) is 0 Å². The number of hydrogen-bond donors (Lipinski definition) is 2. The highest BCUT2D eigenvalue weighted by Gasteiger charge is 1.97. The molecular formula is C9H7ClO3. The molecule has 0 bridgehead atoms. The van der Waals surface area contributed by atoms with E-state index in [1.165, 1.54) is 24.3 Å². The van der Waals surface area contributed by atoms with Crippen LogP contribution < -0.4 is 0 Å². The van der Waals surface area contributed by atoms with Gasteiger partial charge in [-0.05, 0) is 29.8 Å². The van der Waals surface area contributed by atoms with Crippen LogP contribution in [0.15, 0.2) is 24.3 Å². The van der Waals surface area contributed by atoms with Gasteiger partial charge in [0.15, 0.2) is 0 Å². The van der Waals surface area contributed by atoms with E-state index >= 15 is 0 Å². The Bertz CT molecular complexity index is 358. The second-order valence-corrected chi connectivity index (χ2v) is 2.78. The number of aliphatic carboxylic acids is 1. The molecule has 0 aliphatic rings. The molecule has 3 nitrogen and oxygen atoms in total. The molecule has 0 saturated carbocycles. The van der Waals surface area contributed by atoms with Crippen molar-refractivity contribution in [3.05, 3.63) is 34.9 Å². The lowest BCUT2D eigenvalue weighted by Gasteiger charge is -1.97. The molecule has 0 heterocycles. The summed E-state index contributed by atoms with van der Waals surface area (Å²) in [7, 11) is 0. The van der Waals surface area contributed by atoms with E-state index < -0.39 is 5.97 Å². The molecule has 1 aromatic rings. The monoisotopic (exact) mass is 198 g/mol. The molecule has 0 atom stereocenters. The third-order valence-electron chi connectivity index (χ3n) is 1.39. The van der Waals surface area contributed by atoms with Crippen molar-refractivity contribution in [1.29, 1.82) is 0 Å². The molecular weight excluding hydrogens is 192 g/mol. The fourth-order valence-electron chi connectivity index (χ4n) is 0.812. The van der Waals surface area contributed by atoms with E-state index in [-0.39, 0.29) is 5.75 Å². The minimum Gasteiger partial charge on any atom is -0.508 e. The molecule has 1 aromatic carbocycles. The topological polar surface area (TPSA) is 57.5 Å². The van der Waals surface area contributed by atoms with Crippen LogP contribution in [-0.4, -0.2) is 16.2 Å². The summed E-state index contributed by atoms with van der Waals surface area (Å²) in [6, 6.07) is 4.33. The molecule has 0 saturated heterocycles. The lowest BCUT2D eigenvalue weighted by Crippen LogP contribution is -1.85. The zero-order valence-corrected chi connectivity index (χ0v) is 7.32. The molecule has 0 fully saturated rings. The van der Waals surface area contributed by atoms with Crippen molar-refractivity contribution >= 4 is 23.6 Å². The number of phenols is 1. The predicted molar refractivity (Wildman–Crippen MR) is 49.8 cm³/mol. The largest absolute Gasteiger partial charge is 0.508 e. The van der Waals surface area contributed by atoms with Gasteiger partial charge >= 0.3 is 5.97 Å². The maximum absolute atomic E-state index is 10.2. The van der Waals surface area contributed by atoms with E-state index in [1.807, 2.05) is 0 Å². The fraction of sp³-hybridized carbons (Fsp3) is 0. The van der Waals surface area contributed by atoms with Gasteiger partial charge < -0.3 is 10.2 Å². The first kappa shape index (κ1) is 9.61. The number of halogens is 1. The second-order valence-electron chi connectivity index (χ2n) is 2.38. The van der Waals surface area contributed by atoms with Crippen molar-refractivity contribution in [2.75, 3.05) is 0 Å². The Morgan fingerprint density at radius 3 is 2.69 bits per heavy atom. The van der Waals surface area contributed by atoms with Crippen LogP contribution in [0.25, 0.3) is 6.08 Å². The summed E-state index contributed by atoms with van der Waals surface area (Å²) in [4.78, 5) is 10.2. The summed E-state index contributed by atoms with van der Waals surface area (Å²) >= 11 is 5.71. The Morgan fingerprint density at radius 1 is 1.46 bits per heavy atom. The molecule has 4 heteroatoms. The average Bonchev–Trinajstić information content (AvgIpc) is 2.02. The summed E-state index contributed by atoms with van der Waals surface area (Å²) in [5, 5.41) is 17.6. The van der Waals surface area contributed by atoms with E-state index in [9.17, 15) is 4.79 Å². The van der Waals surface area contributed by atoms with E-state index in [4.69, 9.17) is 21.8 Å². The number of phenolic OH excluding ortho intramolecular Hbond substituents is 1. The number of benzene rings is 1. The summed E-state index contributed by atoms with van der Waals surface area (Å²) < 4.78 is 0. The van der Waals surface area contributed by atoms with Crippen LogP contribution in [0.1, 0.15) is 5.56 Å². The Labute approximate surface area is 79.9 Å². The lowest BCUT2D eigenvalue weighted by molar-refractivity contribution is -0.131. The Morgan fingerprint density at radius 2 is 2.15 bits per heavy atom. The number of carbonyl (C=O) groups is 1. The number of hydrogen-bond acceptors (Lipinski definition) is 2. The van der Waals surface area contributed by atoms with Gasteiger partial charge in [0.2, 0.25) is 0 Å². The summed E-state index contributed by atoms with van der Waals surface area (Å²) in [6.07, 6.45) is 2.35. The van der Waals surface area contributed by atoms with Crippen LogP contribution in [0.4, 0.5) is 0 Å². The van der Waals surface area contributed by atoms with Gasteiger partial charge in [0.25, 0.3) is 0 Å². The molecule has 0 spiro atoms. The summed E-state index contributed by atoms with van der Waals surface area (Å²) in [5.74, 6) is -0.985. The standard InChI is InChI=1S/C9H7ClO3/c10-8-5-7(11)3-1-6(8)2-4-9(12)13/h1-5,11H,(H,12,13)/b4-2+. The molecule has 0 aliphatic heterocycles. The highest BCUT2D eigenvalue weighted by atomic mass is 35.5. The van der Waals surface area contributed by atoms with Gasteiger partial charge in [-0.3, -0.25) is 0 Å². The molecule has 2 N–H and O–H groups in total. The van der Waals surface area contributed by atoms with Crippen molar-refractivity contribution in [1.82, 2.24) is 0 Å². The van der Waals surface area contributed by atoms with Gasteiger partial charge in [-0.1, -0.05) is 11.6 Å². The molecule has 0 amide bonds. The van der Waals surface area contributed by atoms with E-state index in [0.29, 0.717) is 10.6 Å². The van der Waals surface area contributed by atoms with Gasteiger partial charge in [-0.25, -0.2) is 4.79 Å². The van der Waals surface area contributed by atoms with E-state index in [2.05, 4.69) is 0 Å². The number of aromatic hydroxyl groups is 1. The van der Waals surface area contributed by atoms with Crippen molar-refractivity contribution in [3.63, 3.8) is 0 Å².